The molecule has 0 fully saturated rings. The number of rotatable bonds is 4. The van der Waals surface area contributed by atoms with E-state index >= 15 is 0 Å². The molecule has 1 radical (unpaired) electrons. The monoisotopic (exact) mass is 1260 g/mol. The number of nitrogens with zero attached hydrogens (tertiary/aromatic N) is 6. The van der Waals surface area contributed by atoms with Gasteiger partial charge in [-0.05, 0) is 85.0 Å². The number of H-pyrrole nitrogens is 2. The van der Waals surface area contributed by atoms with Gasteiger partial charge in [-0.1, -0.05) is 81.2 Å². The molecule has 6 aromatic heterocycles. The second kappa shape index (κ2) is 19.7. The van der Waals surface area contributed by atoms with Crippen LogP contribution in [0, 0.1) is 0 Å². The van der Waals surface area contributed by atoms with Crippen molar-refractivity contribution < 1.29 is 69.0 Å². The van der Waals surface area contributed by atoms with Crippen molar-refractivity contribution in [2.24, 2.45) is 0 Å². The molecule has 0 saturated heterocycles. The smallest absolute Gasteiger partial charge is 0.744 e. The quantitative estimate of drug-likeness (QED) is 0.122. The summed E-state index contributed by atoms with van der Waals surface area (Å²) in [7, 11) is -25.9. The zero-order valence-corrected chi connectivity index (χ0v) is 45.2. The van der Waals surface area contributed by atoms with Crippen molar-refractivity contribution in [3.63, 3.8) is 0 Å². The first-order chi connectivity index (χ1) is 33.5. The SMILES string of the molecule is C1=Cc2cc3ccc(cc4nc(cc5ccc(cc1n2)[nH]5)C=C4)[nH]3.O=S(=O)([O-])c1c(S(=O)(=O)[O-])c2c(S(=O)(=O)[O-])c3nc(c(Cl)c4c(Cl)c(Cl)c(c(Cl)c5nc(cc1n2S(=O)(=O)[O-])C=C5Cl)n4Cl)C(Cl)=C3Cl.[Mn+4]. The Balaban J connectivity index is 0.000000236. The van der Waals surface area contributed by atoms with Crippen LogP contribution in [0.4, 0.5) is 0 Å². The standard InChI is InChI=1S/C20H6Cl8N4O12S4.C20H14N4.Mn/c21-4-1-3-2-5-18(45(33,34)35)20(47(39,40)41)17(32(5)48(42,43)44)19(46(36,37)38)14-7(23)6(22)13(30-14)11(27)16-9(25)8(24)15(31(16)28)10(26)12(4)29-3;1-2-14-10-16-5-6-18(23-16)12-20-8-7-19(24-20)11-17-4-3-15(22-17)9-13(1)21-14;/h1-2H,(H,33,34,35)(H,36,37,38)(H,39,40,41)(H,42,43,44);1-12,21,24H;/q;;+4/p-4. The summed E-state index contributed by atoms with van der Waals surface area (Å²) in [5.41, 5.74) is -0.675. The molecule has 33 heteroatoms. The van der Waals surface area contributed by atoms with Gasteiger partial charge in [0.1, 0.15) is 57.2 Å². The third-order valence-electron chi connectivity index (χ3n) is 10.2. The van der Waals surface area contributed by atoms with Gasteiger partial charge in [0.2, 0.25) is 0 Å². The van der Waals surface area contributed by atoms with Gasteiger partial charge in [0.05, 0.1) is 90.6 Å². The van der Waals surface area contributed by atoms with Gasteiger partial charge in [0.25, 0.3) is 0 Å². The van der Waals surface area contributed by atoms with Crippen molar-refractivity contribution in [2.45, 2.75) is 14.7 Å². The maximum absolute atomic E-state index is 12.8. The number of nitrogens with one attached hydrogen (secondary N) is 2. The summed E-state index contributed by atoms with van der Waals surface area (Å²) in [6.45, 7) is 0. The van der Waals surface area contributed by atoms with E-state index in [2.05, 4.69) is 54.2 Å². The minimum absolute atomic E-state index is 0. The molecule has 0 aromatic carbocycles. The zero-order valence-electron chi connectivity index (χ0n) is 34.7. The average Bonchev–Trinajstić information content (AvgIpc) is 4.14. The van der Waals surface area contributed by atoms with Gasteiger partial charge in [-0.15, -0.1) is 0 Å². The first-order valence-electron chi connectivity index (χ1n) is 19.1. The molecule has 16 bridgehead atoms. The van der Waals surface area contributed by atoms with E-state index in [1.807, 2.05) is 48.6 Å². The molecule has 2 N–H and O–H groups in total. The molecule has 0 atom stereocenters. The summed E-state index contributed by atoms with van der Waals surface area (Å²) in [4.78, 5) is 16.6. The fraction of sp³-hybridized carbons (Fsp3) is 0. The Morgan fingerprint density at radius 3 is 1.25 bits per heavy atom. The minimum Gasteiger partial charge on any atom is -0.744 e. The summed E-state index contributed by atoms with van der Waals surface area (Å²) in [6, 6.07) is 16.6. The fourth-order valence-corrected chi connectivity index (χ4v) is 14.0. The van der Waals surface area contributed by atoms with Crippen LogP contribution in [0.25, 0.3) is 89.6 Å². The van der Waals surface area contributed by atoms with Crippen LogP contribution in [0.15, 0.2) is 69.3 Å². The van der Waals surface area contributed by atoms with E-state index in [0.29, 0.717) is 4.09 Å². The van der Waals surface area contributed by atoms with Gasteiger partial charge in [-0.25, -0.2) is 61.7 Å². The largest absolute Gasteiger partial charge is 4.00 e. The molecule has 0 spiro atoms. The van der Waals surface area contributed by atoms with E-state index in [9.17, 15) is 51.9 Å². The summed E-state index contributed by atoms with van der Waals surface area (Å²) >= 11 is 50.7. The predicted molar refractivity (Wildman–Crippen MR) is 270 cm³/mol. The third kappa shape index (κ3) is 10.4. The van der Waals surface area contributed by atoms with Gasteiger partial charge >= 0.3 is 17.1 Å². The van der Waals surface area contributed by atoms with Gasteiger partial charge in [0.15, 0.2) is 10.3 Å². The molecule has 20 nitrogen and oxygen atoms in total. The molecule has 4 aliphatic rings. The number of aromatic nitrogens is 8. The first-order valence-corrected chi connectivity index (χ1v) is 27.7. The second-order valence-electron chi connectivity index (χ2n) is 14.9. The van der Waals surface area contributed by atoms with Gasteiger partial charge in [0, 0.05) is 33.8 Å². The van der Waals surface area contributed by atoms with Crippen LogP contribution in [0.2, 0.25) is 20.1 Å². The Bertz CT molecular complexity index is 4290. The summed E-state index contributed by atoms with van der Waals surface area (Å²) in [6.07, 6.45) is 8.87. The molecule has 375 valence electrons. The van der Waals surface area contributed by atoms with E-state index in [0.717, 1.165) is 50.9 Å². The number of aromatic amines is 2. The minimum atomic E-state index is -6.56. The van der Waals surface area contributed by atoms with Crippen molar-refractivity contribution in [1.29, 1.82) is 0 Å². The van der Waals surface area contributed by atoms with Crippen LogP contribution in [-0.2, 0) is 57.7 Å². The summed E-state index contributed by atoms with van der Waals surface area (Å²) in [5.74, 6) is 0. The maximum atomic E-state index is 12.8. The van der Waals surface area contributed by atoms with E-state index in [-0.39, 0.29) is 23.1 Å². The molecule has 4 aliphatic heterocycles. The Morgan fingerprint density at radius 2 is 0.849 bits per heavy atom. The predicted octanol–water partition coefficient (Wildman–Crippen LogP) is 9.59. The molecule has 10 rings (SSSR count). The Morgan fingerprint density at radius 1 is 0.452 bits per heavy atom. The molecule has 0 amide bonds. The molecular formula is C40H16Cl8MnN8O12S4. The molecule has 6 aromatic rings. The molecule has 73 heavy (non-hydrogen) atoms. The average molecular weight is 1270 g/mol. The molecule has 0 aliphatic carbocycles. The Kier molecular flexibility index (Phi) is 14.8. The molecule has 0 unspecified atom stereocenters. The molecule has 0 saturated carbocycles. The van der Waals surface area contributed by atoms with E-state index < -0.39 is 139 Å². The van der Waals surface area contributed by atoms with E-state index in [1.165, 1.54) is 0 Å². The van der Waals surface area contributed by atoms with Crippen LogP contribution >= 0.6 is 93.0 Å². The Hall–Kier alpha value is -4.32. The Labute approximate surface area is 460 Å². The van der Waals surface area contributed by atoms with Crippen molar-refractivity contribution in [3.8, 4) is 0 Å². The summed E-state index contributed by atoms with van der Waals surface area (Å²) < 4.78 is 151. The number of hydrogen-bond donors (Lipinski definition) is 2. The van der Waals surface area contributed by atoms with Crippen LogP contribution in [-0.4, -0.2) is 89.8 Å². The van der Waals surface area contributed by atoms with E-state index in [4.69, 9.17) is 93.0 Å². The number of halogens is 8. The fourth-order valence-electron chi connectivity index (χ4n) is 7.42. The number of fused-ring (bicyclic) bond motifs is 16. The number of hydrogen-bond acceptors (Lipinski definition) is 16. The van der Waals surface area contributed by atoms with Crippen LogP contribution in [0.3, 0.4) is 0 Å². The normalized spacial score (nSPS) is 13.7. The van der Waals surface area contributed by atoms with Crippen molar-refractivity contribution in [3.05, 3.63) is 120 Å². The second-order valence-corrected chi connectivity index (χ2v) is 23.1. The summed E-state index contributed by atoms with van der Waals surface area (Å²) in [5, 5.41) is -4.68. The van der Waals surface area contributed by atoms with Crippen LogP contribution in [0.1, 0.15) is 45.6 Å². The van der Waals surface area contributed by atoms with E-state index in [1.54, 1.807) is 0 Å². The van der Waals surface area contributed by atoms with Crippen molar-refractivity contribution in [2.75, 3.05) is 0 Å². The maximum Gasteiger partial charge on any atom is 4.00 e. The van der Waals surface area contributed by atoms with Crippen molar-refractivity contribution in [1.82, 2.24) is 38.0 Å². The van der Waals surface area contributed by atoms with Gasteiger partial charge in [-0.3, -0.25) is 0 Å². The van der Waals surface area contributed by atoms with Gasteiger partial charge in [-0.2, -0.15) is 0 Å². The topological polar surface area (TPSA) is 322 Å². The zero-order chi connectivity index (χ0) is 52.3. The van der Waals surface area contributed by atoms with Crippen LogP contribution < -0.4 is 0 Å². The molecular weight excluding hydrogens is 1250 g/mol. The van der Waals surface area contributed by atoms with Crippen LogP contribution in [0.5, 0.6) is 0 Å². The first kappa shape index (κ1) is 54.9. The van der Waals surface area contributed by atoms with Crippen molar-refractivity contribution >= 4 is 223 Å². The molecule has 10 heterocycles. The van der Waals surface area contributed by atoms with Gasteiger partial charge < -0.3 is 28.2 Å². The third-order valence-corrected chi connectivity index (χ3v) is 16.9.